The predicted octanol–water partition coefficient (Wildman–Crippen LogP) is 1.95. The van der Waals surface area contributed by atoms with Crippen molar-refractivity contribution in [3.8, 4) is 0 Å². The first kappa shape index (κ1) is 7.97. The Balaban J connectivity index is 2.92. The number of halogens is 1. The maximum absolute atomic E-state index is 4.34. The average Bonchev–Trinajstić information content (AvgIpc) is 2.33. The molecule has 0 aromatic carbocycles. The molecule has 3 nitrogen and oxygen atoms in total. The van der Waals surface area contributed by atoms with Crippen molar-refractivity contribution in [1.29, 1.82) is 0 Å². The first-order valence-corrected chi connectivity index (χ1v) is 4.74. The first-order valence-electron chi connectivity index (χ1n) is 3.66. The molecule has 2 aromatic rings. The highest BCUT2D eigenvalue weighted by atomic mass is 127. The van der Waals surface area contributed by atoms with Crippen LogP contribution in [0.2, 0.25) is 0 Å². The molecule has 2 rings (SSSR count). The molecule has 0 atom stereocenters. The van der Waals surface area contributed by atoms with E-state index in [-0.39, 0.29) is 0 Å². The van der Waals surface area contributed by atoms with E-state index in [1.165, 1.54) is 5.56 Å². The highest BCUT2D eigenvalue weighted by molar-refractivity contribution is 14.1. The first-order chi connectivity index (χ1) is 5.68. The molecular weight excluding hydrogens is 265 g/mol. The van der Waals surface area contributed by atoms with Crippen LogP contribution in [-0.2, 0) is 0 Å². The number of aryl methyl sites for hydroxylation is 2. The van der Waals surface area contributed by atoms with E-state index in [1.807, 2.05) is 30.6 Å². The van der Waals surface area contributed by atoms with E-state index < -0.39 is 0 Å². The van der Waals surface area contributed by atoms with Crippen LogP contribution in [0.25, 0.3) is 5.65 Å². The fraction of sp³-hybridized carbons (Fsp3) is 0.250. The minimum Gasteiger partial charge on any atom is -0.235 e. The number of fused-ring (bicyclic) bond motifs is 1. The Kier molecular flexibility index (Phi) is 1.79. The Morgan fingerprint density at radius 1 is 1.42 bits per heavy atom. The van der Waals surface area contributed by atoms with Gasteiger partial charge in [-0.2, -0.15) is 5.10 Å². The normalized spacial score (nSPS) is 10.9. The summed E-state index contributed by atoms with van der Waals surface area (Å²) in [6.45, 7) is 4.05. The number of aromatic nitrogens is 3. The fourth-order valence-corrected chi connectivity index (χ4v) is 1.88. The molecule has 0 bridgehead atoms. The second-order valence-electron chi connectivity index (χ2n) is 2.79. The third-order valence-electron chi connectivity index (χ3n) is 1.79. The molecule has 0 fully saturated rings. The van der Waals surface area contributed by atoms with Gasteiger partial charge in [-0.05, 0) is 48.1 Å². The van der Waals surface area contributed by atoms with Crippen LogP contribution in [0.15, 0.2) is 12.3 Å². The van der Waals surface area contributed by atoms with Crippen LogP contribution in [0.3, 0.4) is 0 Å². The summed E-state index contributed by atoms with van der Waals surface area (Å²) in [6.07, 6.45) is 1.84. The van der Waals surface area contributed by atoms with Gasteiger partial charge in [-0.3, -0.25) is 0 Å². The topological polar surface area (TPSA) is 30.2 Å². The van der Waals surface area contributed by atoms with Gasteiger partial charge in [0.1, 0.15) is 3.70 Å². The average molecular weight is 273 g/mol. The molecule has 0 spiro atoms. The minimum absolute atomic E-state index is 0.952. The van der Waals surface area contributed by atoms with Crippen molar-refractivity contribution in [3.05, 3.63) is 27.2 Å². The van der Waals surface area contributed by atoms with Gasteiger partial charge in [-0.15, -0.1) is 0 Å². The second kappa shape index (κ2) is 2.69. The van der Waals surface area contributed by atoms with Crippen LogP contribution in [0.5, 0.6) is 0 Å². The number of imidazole rings is 1. The van der Waals surface area contributed by atoms with E-state index in [9.17, 15) is 0 Å². The second-order valence-corrected chi connectivity index (χ2v) is 3.89. The third-order valence-corrected chi connectivity index (χ3v) is 2.32. The van der Waals surface area contributed by atoms with Crippen molar-refractivity contribution in [2.45, 2.75) is 13.8 Å². The Labute approximate surface area is 83.9 Å². The number of nitrogens with zero attached hydrogens (tertiary/aromatic N) is 3. The quantitative estimate of drug-likeness (QED) is 0.687. The molecule has 12 heavy (non-hydrogen) atoms. The molecule has 62 valence electrons. The summed E-state index contributed by atoms with van der Waals surface area (Å²) >= 11 is 2.21. The molecule has 0 saturated heterocycles. The SMILES string of the molecule is Cc1cc(I)nn2c(C)cnc12. The molecular formula is C8H8IN3. The van der Waals surface area contributed by atoms with Crippen LogP contribution in [-0.4, -0.2) is 14.6 Å². The summed E-state index contributed by atoms with van der Waals surface area (Å²) in [5.74, 6) is 0. The highest BCUT2D eigenvalue weighted by Gasteiger charge is 2.03. The molecule has 2 heterocycles. The van der Waals surface area contributed by atoms with E-state index in [4.69, 9.17) is 0 Å². The zero-order valence-electron chi connectivity index (χ0n) is 6.87. The molecule has 0 N–H and O–H groups in total. The van der Waals surface area contributed by atoms with E-state index in [1.54, 1.807) is 0 Å². The highest BCUT2D eigenvalue weighted by Crippen LogP contribution is 2.11. The van der Waals surface area contributed by atoms with E-state index in [2.05, 4.69) is 32.7 Å². The van der Waals surface area contributed by atoms with Crippen molar-refractivity contribution in [2.75, 3.05) is 0 Å². The Morgan fingerprint density at radius 2 is 2.17 bits per heavy atom. The maximum Gasteiger partial charge on any atom is 0.156 e. The van der Waals surface area contributed by atoms with Crippen LogP contribution in [0.4, 0.5) is 0 Å². The fourth-order valence-electron chi connectivity index (χ4n) is 1.19. The van der Waals surface area contributed by atoms with Gasteiger partial charge in [0, 0.05) is 0 Å². The molecule has 0 aliphatic rings. The largest absolute Gasteiger partial charge is 0.235 e. The number of hydrogen-bond acceptors (Lipinski definition) is 2. The standard InChI is InChI=1S/C8H8IN3/c1-5-3-7(9)11-12-6(2)4-10-8(5)12/h3-4H,1-2H3. The van der Waals surface area contributed by atoms with Gasteiger partial charge in [0.2, 0.25) is 0 Å². The van der Waals surface area contributed by atoms with Crippen molar-refractivity contribution in [2.24, 2.45) is 0 Å². The lowest BCUT2D eigenvalue weighted by atomic mass is 10.3. The summed E-state index contributed by atoms with van der Waals surface area (Å²) < 4.78 is 2.87. The minimum atomic E-state index is 0.952. The molecule has 0 amide bonds. The van der Waals surface area contributed by atoms with E-state index in [0.29, 0.717) is 0 Å². The monoisotopic (exact) mass is 273 g/mol. The molecule has 0 aliphatic heterocycles. The van der Waals surface area contributed by atoms with Crippen LogP contribution in [0, 0.1) is 17.5 Å². The summed E-state index contributed by atoms with van der Waals surface area (Å²) in [4.78, 5) is 4.26. The van der Waals surface area contributed by atoms with Gasteiger partial charge in [-0.1, -0.05) is 0 Å². The van der Waals surface area contributed by atoms with Gasteiger partial charge in [0.05, 0.1) is 11.9 Å². The molecule has 0 unspecified atom stereocenters. The van der Waals surface area contributed by atoms with Crippen LogP contribution >= 0.6 is 22.6 Å². The molecule has 0 radical (unpaired) electrons. The lowest BCUT2D eigenvalue weighted by molar-refractivity contribution is 0.874. The van der Waals surface area contributed by atoms with Gasteiger partial charge in [-0.25, -0.2) is 9.50 Å². The van der Waals surface area contributed by atoms with E-state index in [0.717, 1.165) is 15.0 Å². The summed E-state index contributed by atoms with van der Waals surface area (Å²) in [5, 5.41) is 4.34. The van der Waals surface area contributed by atoms with Crippen molar-refractivity contribution in [1.82, 2.24) is 14.6 Å². The Hall–Kier alpha value is -0.650. The number of hydrogen-bond donors (Lipinski definition) is 0. The Bertz CT molecular complexity index is 433. The Morgan fingerprint density at radius 3 is 2.92 bits per heavy atom. The summed E-state index contributed by atoms with van der Waals surface area (Å²) in [5.41, 5.74) is 3.20. The van der Waals surface area contributed by atoms with Crippen molar-refractivity contribution >= 4 is 28.2 Å². The predicted molar refractivity (Wildman–Crippen MR) is 55.2 cm³/mol. The summed E-state index contributed by atoms with van der Waals surface area (Å²) in [7, 11) is 0. The van der Waals surface area contributed by atoms with Gasteiger partial charge in [0.15, 0.2) is 5.65 Å². The van der Waals surface area contributed by atoms with Crippen LogP contribution < -0.4 is 0 Å². The molecule has 2 aromatic heterocycles. The molecule has 0 saturated carbocycles. The maximum atomic E-state index is 4.34. The van der Waals surface area contributed by atoms with Gasteiger partial charge in [0.25, 0.3) is 0 Å². The smallest absolute Gasteiger partial charge is 0.156 e. The van der Waals surface area contributed by atoms with Crippen molar-refractivity contribution < 1.29 is 0 Å². The molecule has 4 heteroatoms. The van der Waals surface area contributed by atoms with Gasteiger partial charge < -0.3 is 0 Å². The van der Waals surface area contributed by atoms with E-state index >= 15 is 0 Å². The lowest BCUT2D eigenvalue weighted by Crippen LogP contribution is -1.97. The number of rotatable bonds is 0. The molecule has 0 aliphatic carbocycles. The summed E-state index contributed by atoms with van der Waals surface area (Å²) in [6, 6.07) is 2.03. The van der Waals surface area contributed by atoms with Gasteiger partial charge >= 0.3 is 0 Å². The van der Waals surface area contributed by atoms with Crippen molar-refractivity contribution in [3.63, 3.8) is 0 Å². The lowest BCUT2D eigenvalue weighted by Gasteiger charge is -1.98. The zero-order chi connectivity index (χ0) is 8.72. The third kappa shape index (κ3) is 1.10. The van der Waals surface area contributed by atoms with Crippen LogP contribution in [0.1, 0.15) is 11.3 Å². The zero-order valence-corrected chi connectivity index (χ0v) is 9.03.